The molecule has 2 aromatic carbocycles. The molecule has 0 saturated heterocycles. The van der Waals surface area contributed by atoms with E-state index in [9.17, 15) is 13.2 Å². The fraction of sp³-hybridized carbons (Fsp3) is 0.318. The Hall–Kier alpha value is -3.25. The molecule has 0 aliphatic carbocycles. The quantitative estimate of drug-likeness (QED) is 0.381. The summed E-state index contributed by atoms with van der Waals surface area (Å²) >= 11 is 1.29. The highest BCUT2D eigenvalue weighted by Gasteiger charge is 2.13. The number of hydrogen-bond acceptors (Lipinski definition) is 8. The SMILES string of the molecule is COc1ccc(CCNC(=O)CSc2nnc(-c3ccc(NS(C)(=O)=O)cc3)n2C)cc1OC. The Morgan fingerprint density at radius 3 is 2.41 bits per heavy atom. The first-order valence-corrected chi connectivity index (χ1v) is 13.2. The topological polar surface area (TPSA) is 124 Å². The first kappa shape index (κ1) is 25.4. The molecular formula is C22H27N5O5S2. The molecule has 1 heterocycles. The first-order chi connectivity index (χ1) is 16.2. The van der Waals surface area contributed by atoms with Crippen molar-refractivity contribution in [2.75, 3.05) is 37.5 Å². The van der Waals surface area contributed by atoms with Crippen LogP contribution in [0.2, 0.25) is 0 Å². The van der Waals surface area contributed by atoms with Crippen molar-refractivity contribution >= 4 is 33.4 Å². The Balaban J connectivity index is 1.51. The van der Waals surface area contributed by atoms with Gasteiger partial charge in [0.2, 0.25) is 15.9 Å². The van der Waals surface area contributed by atoms with Crippen LogP contribution >= 0.6 is 11.8 Å². The molecule has 1 aromatic heterocycles. The summed E-state index contributed by atoms with van der Waals surface area (Å²) in [5, 5.41) is 11.9. The lowest BCUT2D eigenvalue weighted by atomic mass is 10.1. The molecule has 0 aliphatic heterocycles. The van der Waals surface area contributed by atoms with Crippen molar-refractivity contribution in [1.82, 2.24) is 20.1 Å². The lowest BCUT2D eigenvalue weighted by Gasteiger charge is -2.10. The van der Waals surface area contributed by atoms with Crippen molar-refractivity contribution < 1.29 is 22.7 Å². The van der Waals surface area contributed by atoms with Crippen molar-refractivity contribution in [2.45, 2.75) is 11.6 Å². The number of aromatic nitrogens is 3. The van der Waals surface area contributed by atoms with E-state index >= 15 is 0 Å². The number of hydrogen-bond donors (Lipinski definition) is 2. The summed E-state index contributed by atoms with van der Waals surface area (Å²) in [7, 11) is 1.65. The van der Waals surface area contributed by atoms with Crippen LogP contribution in [0.3, 0.4) is 0 Å². The molecular weight excluding hydrogens is 478 g/mol. The van der Waals surface area contributed by atoms with Gasteiger partial charge in [-0.1, -0.05) is 17.8 Å². The molecule has 182 valence electrons. The van der Waals surface area contributed by atoms with Gasteiger partial charge in [-0.2, -0.15) is 0 Å². The van der Waals surface area contributed by atoms with Gasteiger partial charge in [-0.25, -0.2) is 8.42 Å². The molecule has 0 atom stereocenters. The number of thioether (sulfide) groups is 1. The highest BCUT2D eigenvalue weighted by Crippen LogP contribution is 2.27. The second kappa shape index (κ2) is 11.3. The minimum Gasteiger partial charge on any atom is -0.493 e. The summed E-state index contributed by atoms with van der Waals surface area (Å²) in [6, 6.07) is 12.5. The smallest absolute Gasteiger partial charge is 0.230 e. The molecule has 0 bridgehead atoms. The van der Waals surface area contributed by atoms with Gasteiger partial charge in [0.15, 0.2) is 22.5 Å². The lowest BCUT2D eigenvalue weighted by Crippen LogP contribution is -2.27. The maximum absolute atomic E-state index is 12.3. The monoisotopic (exact) mass is 505 g/mol. The normalized spacial score (nSPS) is 11.2. The first-order valence-electron chi connectivity index (χ1n) is 10.3. The Morgan fingerprint density at radius 2 is 1.76 bits per heavy atom. The number of carbonyl (C=O) groups excluding carboxylic acids is 1. The van der Waals surface area contributed by atoms with Gasteiger partial charge in [0.05, 0.1) is 26.2 Å². The number of anilines is 1. The number of methoxy groups -OCH3 is 2. The van der Waals surface area contributed by atoms with Crippen LogP contribution in [-0.4, -0.2) is 61.9 Å². The molecule has 3 rings (SSSR count). The molecule has 0 saturated carbocycles. The van der Waals surface area contributed by atoms with E-state index in [1.807, 2.05) is 25.2 Å². The van der Waals surface area contributed by atoms with Crippen molar-refractivity contribution in [1.29, 1.82) is 0 Å². The molecule has 12 heteroatoms. The van der Waals surface area contributed by atoms with E-state index < -0.39 is 10.0 Å². The maximum Gasteiger partial charge on any atom is 0.230 e. The second-order valence-electron chi connectivity index (χ2n) is 7.39. The van der Waals surface area contributed by atoms with Crippen molar-refractivity contribution in [3.8, 4) is 22.9 Å². The molecule has 34 heavy (non-hydrogen) atoms. The maximum atomic E-state index is 12.3. The molecule has 0 unspecified atom stereocenters. The minimum atomic E-state index is -3.34. The largest absolute Gasteiger partial charge is 0.493 e. The number of ether oxygens (including phenoxy) is 2. The Labute approximate surface area is 203 Å². The standard InChI is InChI=1S/C22H27N5O5S2/c1-27-21(16-6-8-17(9-7-16)26-34(4,29)30)24-25-22(27)33-14-20(28)23-12-11-15-5-10-18(31-2)19(13-15)32-3/h5-10,13,26H,11-12,14H2,1-4H3,(H,23,28). The second-order valence-corrected chi connectivity index (χ2v) is 10.1. The van der Waals surface area contributed by atoms with E-state index in [2.05, 4.69) is 20.2 Å². The predicted molar refractivity (Wildman–Crippen MR) is 132 cm³/mol. The zero-order valence-corrected chi connectivity index (χ0v) is 21.0. The van der Waals surface area contributed by atoms with E-state index in [0.29, 0.717) is 41.1 Å². The predicted octanol–water partition coefficient (Wildman–Crippen LogP) is 2.32. The van der Waals surface area contributed by atoms with Crippen LogP contribution in [-0.2, 0) is 28.3 Å². The van der Waals surface area contributed by atoms with Crippen LogP contribution in [0.4, 0.5) is 5.69 Å². The van der Waals surface area contributed by atoms with Gasteiger partial charge in [-0.3, -0.25) is 9.52 Å². The zero-order chi connectivity index (χ0) is 24.7. The highest BCUT2D eigenvalue weighted by molar-refractivity contribution is 7.99. The summed E-state index contributed by atoms with van der Waals surface area (Å²) in [5.41, 5.74) is 2.27. The van der Waals surface area contributed by atoms with E-state index in [0.717, 1.165) is 17.4 Å². The van der Waals surface area contributed by atoms with Gasteiger partial charge in [0, 0.05) is 24.8 Å². The van der Waals surface area contributed by atoms with Gasteiger partial charge in [0.25, 0.3) is 0 Å². The lowest BCUT2D eigenvalue weighted by molar-refractivity contribution is -0.118. The van der Waals surface area contributed by atoms with E-state index in [1.54, 1.807) is 43.1 Å². The highest BCUT2D eigenvalue weighted by atomic mass is 32.2. The summed E-state index contributed by atoms with van der Waals surface area (Å²) in [6.45, 7) is 0.493. The van der Waals surface area contributed by atoms with E-state index in [-0.39, 0.29) is 11.7 Å². The number of nitrogens with zero attached hydrogens (tertiary/aromatic N) is 3. The summed E-state index contributed by atoms with van der Waals surface area (Å²) in [5.74, 6) is 2.03. The molecule has 3 aromatic rings. The van der Waals surface area contributed by atoms with Crippen molar-refractivity contribution in [2.24, 2.45) is 7.05 Å². The number of amides is 1. The van der Waals surface area contributed by atoms with Gasteiger partial charge in [0.1, 0.15) is 0 Å². The average Bonchev–Trinajstić information content (AvgIpc) is 3.17. The third-order valence-corrected chi connectivity index (χ3v) is 6.42. The van der Waals surface area contributed by atoms with Crippen molar-refractivity contribution in [3.63, 3.8) is 0 Å². The number of benzene rings is 2. The van der Waals surface area contributed by atoms with Gasteiger partial charge in [-0.05, 0) is 48.4 Å². The molecule has 1 amide bonds. The molecule has 0 fully saturated rings. The molecule has 10 nitrogen and oxygen atoms in total. The van der Waals surface area contributed by atoms with Crippen LogP contribution < -0.4 is 19.5 Å². The van der Waals surface area contributed by atoms with Gasteiger partial charge < -0.3 is 19.4 Å². The van der Waals surface area contributed by atoms with Crippen LogP contribution in [0.1, 0.15) is 5.56 Å². The number of carbonyl (C=O) groups is 1. The third-order valence-electron chi connectivity index (χ3n) is 4.80. The van der Waals surface area contributed by atoms with Crippen LogP contribution in [0.15, 0.2) is 47.6 Å². The molecule has 0 radical (unpaired) electrons. The van der Waals surface area contributed by atoms with Gasteiger partial charge >= 0.3 is 0 Å². The number of sulfonamides is 1. The summed E-state index contributed by atoms with van der Waals surface area (Å²) < 4.78 is 37.4. The zero-order valence-electron chi connectivity index (χ0n) is 19.4. The molecule has 0 aliphatic rings. The number of rotatable bonds is 11. The van der Waals surface area contributed by atoms with E-state index in [1.165, 1.54) is 11.8 Å². The third kappa shape index (κ3) is 6.87. The Kier molecular flexibility index (Phi) is 8.40. The average molecular weight is 506 g/mol. The summed E-state index contributed by atoms with van der Waals surface area (Å²) in [6.07, 6.45) is 1.76. The van der Waals surface area contributed by atoms with E-state index in [4.69, 9.17) is 9.47 Å². The van der Waals surface area contributed by atoms with Crippen LogP contribution in [0.5, 0.6) is 11.5 Å². The Morgan fingerprint density at radius 1 is 1.06 bits per heavy atom. The molecule has 2 N–H and O–H groups in total. The van der Waals surface area contributed by atoms with Crippen LogP contribution in [0.25, 0.3) is 11.4 Å². The van der Waals surface area contributed by atoms with Gasteiger partial charge in [-0.15, -0.1) is 10.2 Å². The molecule has 0 spiro atoms. The fourth-order valence-corrected chi connectivity index (χ4v) is 4.46. The fourth-order valence-electron chi connectivity index (χ4n) is 3.16. The Bertz CT molecular complexity index is 1240. The number of nitrogens with one attached hydrogen (secondary N) is 2. The van der Waals surface area contributed by atoms with Crippen molar-refractivity contribution in [3.05, 3.63) is 48.0 Å². The summed E-state index contributed by atoms with van der Waals surface area (Å²) in [4.78, 5) is 12.3. The minimum absolute atomic E-state index is 0.105. The van der Waals surface area contributed by atoms with Crippen LogP contribution in [0, 0.1) is 0 Å².